The summed E-state index contributed by atoms with van der Waals surface area (Å²) in [6.07, 6.45) is 2.93. The third-order valence-electron chi connectivity index (χ3n) is 6.46. The number of carbonyl (C=O) groups excluding carboxylic acids is 3. The lowest BCUT2D eigenvalue weighted by molar-refractivity contribution is -0.153. The van der Waals surface area contributed by atoms with Gasteiger partial charge in [-0.05, 0) is 49.9 Å². The largest absolute Gasteiger partial charge is 0.352 e. The van der Waals surface area contributed by atoms with Crippen molar-refractivity contribution in [1.29, 1.82) is 0 Å². The summed E-state index contributed by atoms with van der Waals surface area (Å²) < 4.78 is 0. The molecular formula is C21H22N4O3. The van der Waals surface area contributed by atoms with Gasteiger partial charge in [0.05, 0.1) is 11.6 Å². The van der Waals surface area contributed by atoms with Crippen molar-refractivity contribution in [1.82, 2.24) is 15.2 Å². The molecule has 4 amide bonds. The van der Waals surface area contributed by atoms with E-state index in [-0.39, 0.29) is 12.5 Å². The maximum atomic E-state index is 13.3. The van der Waals surface area contributed by atoms with E-state index in [0.29, 0.717) is 0 Å². The minimum Gasteiger partial charge on any atom is -0.352 e. The predicted molar refractivity (Wildman–Crippen MR) is 104 cm³/mol. The molecule has 1 N–H and O–H groups in total. The average Bonchev–Trinajstić information content (AvgIpc) is 2.69. The van der Waals surface area contributed by atoms with Gasteiger partial charge in [0, 0.05) is 25.4 Å². The molecule has 28 heavy (non-hydrogen) atoms. The number of hydrogen-bond donors (Lipinski definition) is 1. The van der Waals surface area contributed by atoms with Crippen molar-refractivity contribution in [2.24, 2.45) is 5.41 Å². The molecule has 4 heterocycles. The molecule has 2 saturated heterocycles. The molecule has 1 aromatic carbocycles. The molecule has 5 rings (SSSR count). The van der Waals surface area contributed by atoms with Crippen LogP contribution in [0.25, 0.3) is 10.9 Å². The number of urea groups is 1. The van der Waals surface area contributed by atoms with E-state index in [2.05, 4.69) is 16.3 Å². The molecule has 0 aliphatic carbocycles. The number of carbonyl (C=O) groups is 3. The monoisotopic (exact) mass is 378 g/mol. The van der Waals surface area contributed by atoms with Crippen LogP contribution in [-0.2, 0) is 16.0 Å². The smallest absolute Gasteiger partial charge is 0.330 e. The average molecular weight is 378 g/mol. The van der Waals surface area contributed by atoms with Crippen molar-refractivity contribution >= 4 is 34.6 Å². The van der Waals surface area contributed by atoms with Gasteiger partial charge < -0.3 is 4.90 Å². The number of rotatable bonds is 0. The summed E-state index contributed by atoms with van der Waals surface area (Å²) in [7, 11) is 1.44. The molecule has 1 spiro atoms. The molecule has 3 aliphatic heterocycles. The van der Waals surface area contributed by atoms with Crippen molar-refractivity contribution in [2.75, 3.05) is 18.5 Å². The lowest BCUT2D eigenvalue weighted by Crippen LogP contribution is -2.72. The second-order valence-corrected chi connectivity index (χ2v) is 8.14. The molecule has 2 aromatic rings. The van der Waals surface area contributed by atoms with Crippen molar-refractivity contribution < 1.29 is 14.4 Å². The molecule has 1 aromatic heterocycles. The van der Waals surface area contributed by atoms with Crippen LogP contribution in [0.1, 0.15) is 30.4 Å². The number of nitrogens with one attached hydrogen (secondary N) is 1. The van der Waals surface area contributed by atoms with Crippen molar-refractivity contribution in [3.8, 4) is 0 Å². The summed E-state index contributed by atoms with van der Waals surface area (Å²) in [5.74, 6) is -0.0209. The van der Waals surface area contributed by atoms with Crippen LogP contribution in [0.5, 0.6) is 0 Å². The van der Waals surface area contributed by atoms with Gasteiger partial charge >= 0.3 is 6.03 Å². The molecule has 0 bridgehead atoms. The molecular weight excluding hydrogens is 356 g/mol. The Morgan fingerprint density at radius 2 is 2.00 bits per heavy atom. The maximum absolute atomic E-state index is 13.3. The second-order valence-electron chi connectivity index (χ2n) is 8.14. The topological polar surface area (TPSA) is 82.6 Å². The van der Waals surface area contributed by atoms with Crippen LogP contribution in [0.4, 0.5) is 10.6 Å². The summed E-state index contributed by atoms with van der Waals surface area (Å²) in [4.78, 5) is 46.5. The number of pyridine rings is 1. The van der Waals surface area contributed by atoms with Crippen molar-refractivity contribution in [3.05, 3.63) is 35.4 Å². The molecule has 7 heteroatoms. The molecule has 0 unspecified atom stereocenters. The van der Waals surface area contributed by atoms with Gasteiger partial charge in [0.1, 0.15) is 5.82 Å². The third kappa shape index (κ3) is 2.16. The van der Waals surface area contributed by atoms with E-state index < -0.39 is 23.3 Å². The number of anilines is 1. The van der Waals surface area contributed by atoms with E-state index in [1.54, 1.807) is 0 Å². The molecule has 0 saturated carbocycles. The van der Waals surface area contributed by atoms with Crippen LogP contribution in [0.3, 0.4) is 0 Å². The van der Waals surface area contributed by atoms with Crippen molar-refractivity contribution in [3.63, 3.8) is 0 Å². The number of benzene rings is 1. The minimum absolute atomic E-state index is 0.267. The number of aromatic nitrogens is 1. The van der Waals surface area contributed by atoms with Gasteiger partial charge in [-0.15, -0.1) is 0 Å². The normalized spacial score (nSPS) is 27.1. The van der Waals surface area contributed by atoms with E-state index >= 15 is 0 Å². The maximum Gasteiger partial charge on any atom is 0.330 e. The number of imide groups is 2. The van der Waals surface area contributed by atoms with Gasteiger partial charge in [-0.25, -0.2) is 9.78 Å². The van der Waals surface area contributed by atoms with Gasteiger partial charge in [-0.1, -0.05) is 11.6 Å². The van der Waals surface area contributed by atoms with E-state index in [4.69, 9.17) is 4.98 Å². The zero-order valence-electron chi connectivity index (χ0n) is 16.0. The first-order valence-electron chi connectivity index (χ1n) is 9.72. The summed E-state index contributed by atoms with van der Waals surface area (Å²) in [6.45, 7) is 2.78. The van der Waals surface area contributed by atoms with Crippen molar-refractivity contribution in [2.45, 2.75) is 38.6 Å². The lowest BCUT2D eigenvalue weighted by atomic mass is 9.66. The fourth-order valence-corrected chi connectivity index (χ4v) is 5.05. The highest BCUT2D eigenvalue weighted by Gasteiger charge is 2.61. The van der Waals surface area contributed by atoms with Gasteiger partial charge in [0.2, 0.25) is 11.8 Å². The number of fused-ring (bicyclic) bond motifs is 5. The molecule has 0 radical (unpaired) electrons. The Balaban J connectivity index is 1.73. The Morgan fingerprint density at radius 3 is 2.82 bits per heavy atom. The quantitative estimate of drug-likeness (QED) is 0.711. The zero-order chi connectivity index (χ0) is 19.6. The highest BCUT2D eigenvalue weighted by molar-refractivity contribution is 6.20. The molecule has 7 nitrogen and oxygen atoms in total. The Kier molecular flexibility index (Phi) is 3.53. The Bertz CT molecular complexity index is 1050. The van der Waals surface area contributed by atoms with Crippen LogP contribution in [0.15, 0.2) is 24.3 Å². The highest BCUT2D eigenvalue weighted by Crippen LogP contribution is 2.47. The van der Waals surface area contributed by atoms with Crippen LogP contribution in [-0.4, -0.2) is 47.4 Å². The SMILES string of the molecule is Cc1ccc2nc3c(cc2c1)C[C@@]1(C(=O)NC(=O)N(C)C1=O)[C@@H]1CCCCN31. The van der Waals surface area contributed by atoms with Gasteiger partial charge in [-0.2, -0.15) is 0 Å². The Morgan fingerprint density at radius 1 is 1.18 bits per heavy atom. The fourth-order valence-electron chi connectivity index (χ4n) is 5.05. The Hall–Kier alpha value is -2.96. The first-order chi connectivity index (χ1) is 13.4. The lowest BCUT2D eigenvalue weighted by Gasteiger charge is -2.52. The summed E-state index contributed by atoms with van der Waals surface area (Å²) in [6, 6.07) is 7.23. The van der Waals surface area contributed by atoms with E-state index in [9.17, 15) is 14.4 Å². The number of amides is 4. The van der Waals surface area contributed by atoms with E-state index in [0.717, 1.165) is 58.6 Å². The minimum atomic E-state index is -1.28. The molecule has 144 valence electrons. The summed E-state index contributed by atoms with van der Waals surface area (Å²) in [5.41, 5.74) is 1.65. The summed E-state index contributed by atoms with van der Waals surface area (Å²) >= 11 is 0. The molecule has 2 fully saturated rings. The van der Waals surface area contributed by atoms with Gasteiger partial charge in [-0.3, -0.25) is 19.8 Å². The number of nitrogens with zero attached hydrogens (tertiary/aromatic N) is 3. The number of piperidine rings is 1. The first-order valence-corrected chi connectivity index (χ1v) is 9.72. The zero-order valence-corrected chi connectivity index (χ0v) is 16.0. The Labute approximate surface area is 162 Å². The van der Waals surface area contributed by atoms with Gasteiger partial charge in [0.15, 0.2) is 5.41 Å². The van der Waals surface area contributed by atoms with Crippen LogP contribution in [0, 0.1) is 12.3 Å². The van der Waals surface area contributed by atoms with Crippen LogP contribution >= 0.6 is 0 Å². The predicted octanol–water partition coefficient (Wildman–Crippen LogP) is 2.15. The van der Waals surface area contributed by atoms with E-state index in [1.165, 1.54) is 7.05 Å². The number of aryl methyl sites for hydroxylation is 1. The fraction of sp³-hybridized carbons (Fsp3) is 0.429. The molecule has 2 atom stereocenters. The first kappa shape index (κ1) is 17.2. The van der Waals surface area contributed by atoms with E-state index in [1.807, 2.05) is 25.1 Å². The molecule has 3 aliphatic rings. The van der Waals surface area contributed by atoms with Gasteiger partial charge in [0.25, 0.3) is 0 Å². The summed E-state index contributed by atoms with van der Waals surface area (Å²) in [5, 5.41) is 3.41. The van der Waals surface area contributed by atoms with Crippen LogP contribution in [0.2, 0.25) is 0 Å². The number of hydrogen-bond acceptors (Lipinski definition) is 5. The van der Waals surface area contributed by atoms with Crippen LogP contribution < -0.4 is 10.2 Å². The highest BCUT2D eigenvalue weighted by atomic mass is 16.2. The third-order valence-corrected chi connectivity index (χ3v) is 6.46. The number of barbiturate groups is 1. The standard InChI is InChI=1S/C21H22N4O3/c1-12-6-7-15-13(9-12)10-14-11-21(18(26)23-20(28)24(2)19(21)27)16-5-3-4-8-25(16)17(14)22-15/h6-7,9-10,16H,3-5,8,11H2,1-2H3,(H,23,26,28)/t16-,21-/m0/s1. The second kappa shape index (κ2) is 5.77.